The number of amides is 1. The van der Waals surface area contributed by atoms with Crippen molar-refractivity contribution in [2.45, 2.75) is 57.1 Å². The highest BCUT2D eigenvalue weighted by molar-refractivity contribution is 5.99. The zero-order chi connectivity index (χ0) is 28.5. The van der Waals surface area contributed by atoms with Gasteiger partial charge >= 0.3 is 0 Å². The molecule has 1 amide bonds. The topological polar surface area (TPSA) is 114 Å². The van der Waals surface area contributed by atoms with Gasteiger partial charge in [-0.3, -0.25) is 9.69 Å². The lowest BCUT2D eigenvalue weighted by molar-refractivity contribution is -0.0509. The van der Waals surface area contributed by atoms with Gasteiger partial charge in [0, 0.05) is 66.7 Å². The largest absolute Gasteiger partial charge is 0.488 e. The predicted molar refractivity (Wildman–Crippen MR) is 153 cm³/mol. The van der Waals surface area contributed by atoms with Crippen LogP contribution < -0.4 is 10.1 Å². The van der Waals surface area contributed by atoms with Crippen LogP contribution in [0.5, 0.6) is 5.75 Å². The number of aliphatic hydroxyl groups is 2. The normalized spacial score (nSPS) is 21.9. The third-order valence-corrected chi connectivity index (χ3v) is 8.51. The van der Waals surface area contributed by atoms with Gasteiger partial charge in [0.1, 0.15) is 29.5 Å². The number of fused-ring (bicyclic) bond motifs is 2. The first-order chi connectivity index (χ1) is 19.8. The van der Waals surface area contributed by atoms with Gasteiger partial charge < -0.3 is 34.6 Å². The van der Waals surface area contributed by atoms with Crippen molar-refractivity contribution in [3.63, 3.8) is 0 Å². The molecule has 3 atom stereocenters. The lowest BCUT2D eigenvalue weighted by Crippen LogP contribution is -2.54. The van der Waals surface area contributed by atoms with Crippen LogP contribution in [0.3, 0.4) is 0 Å². The number of hydrogen-bond donors (Lipinski definition) is 4. The number of rotatable bonds is 8. The second kappa shape index (κ2) is 11.8. The van der Waals surface area contributed by atoms with Gasteiger partial charge in [0.15, 0.2) is 0 Å². The van der Waals surface area contributed by atoms with Gasteiger partial charge in [0.25, 0.3) is 5.91 Å². The molecule has 2 aliphatic rings. The second-order valence-corrected chi connectivity index (χ2v) is 11.4. The maximum absolute atomic E-state index is 13.7. The van der Waals surface area contributed by atoms with Gasteiger partial charge in [0.2, 0.25) is 0 Å². The van der Waals surface area contributed by atoms with Crippen molar-refractivity contribution >= 4 is 27.8 Å². The van der Waals surface area contributed by atoms with Crippen LogP contribution in [0.25, 0.3) is 21.9 Å². The van der Waals surface area contributed by atoms with E-state index in [1.807, 2.05) is 24.3 Å². The fourth-order valence-electron chi connectivity index (χ4n) is 6.05. The molecule has 2 unspecified atom stereocenters. The Morgan fingerprint density at radius 3 is 2.76 bits per heavy atom. The molecule has 4 heterocycles. The zero-order valence-corrected chi connectivity index (χ0v) is 23.2. The summed E-state index contributed by atoms with van der Waals surface area (Å²) < 4.78 is 25.3. The average Bonchev–Trinajstić information content (AvgIpc) is 3.59. The first-order valence-corrected chi connectivity index (χ1v) is 14.4. The number of hydrogen-bond acceptors (Lipinski definition) is 7. The number of ether oxygens (including phenoxy) is 1. The number of furan rings is 1. The Bertz CT molecular complexity index is 1510. The fourth-order valence-corrected chi connectivity index (χ4v) is 6.05. The molecule has 0 radical (unpaired) electrons. The molecular weight excluding hydrogens is 527 g/mol. The number of β-amino-alcohol motifs (C(OH)–C–C–N with tert-alkyl or cyclic N) is 1. The van der Waals surface area contributed by atoms with E-state index in [2.05, 4.69) is 27.0 Å². The minimum absolute atomic E-state index is 0.0953. The van der Waals surface area contributed by atoms with E-state index >= 15 is 0 Å². The van der Waals surface area contributed by atoms with E-state index in [0.29, 0.717) is 41.4 Å². The smallest absolute Gasteiger partial charge is 0.267 e. The van der Waals surface area contributed by atoms with E-state index in [0.717, 1.165) is 55.5 Å². The number of nitrogens with zero attached hydrogens (tertiary/aromatic N) is 2. The van der Waals surface area contributed by atoms with Crippen LogP contribution >= 0.6 is 0 Å². The third-order valence-electron chi connectivity index (χ3n) is 8.51. The van der Waals surface area contributed by atoms with Crippen molar-refractivity contribution < 1.29 is 28.6 Å². The van der Waals surface area contributed by atoms with Crippen LogP contribution in [0.15, 0.2) is 53.1 Å². The van der Waals surface area contributed by atoms with Gasteiger partial charge in [-0.1, -0.05) is 6.07 Å². The molecule has 0 saturated carbocycles. The van der Waals surface area contributed by atoms with Crippen LogP contribution in [0.4, 0.5) is 4.39 Å². The van der Waals surface area contributed by atoms with E-state index in [1.54, 1.807) is 12.3 Å². The zero-order valence-electron chi connectivity index (χ0n) is 23.2. The molecular formula is C31H37FN4O5. The van der Waals surface area contributed by atoms with Crippen LogP contribution in [0.2, 0.25) is 0 Å². The first-order valence-electron chi connectivity index (χ1n) is 14.4. The second-order valence-electron chi connectivity index (χ2n) is 11.4. The van der Waals surface area contributed by atoms with Gasteiger partial charge in [-0.15, -0.1) is 0 Å². The van der Waals surface area contributed by atoms with Crippen molar-refractivity contribution in [2.24, 2.45) is 0 Å². The molecule has 2 fully saturated rings. The van der Waals surface area contributed by atoms with E-state index in [9.17, 15) is 19.4 Å². The minimum atomic E-state index is -0.679. The molecule has 0 aliphatic carbocycles. The molecule has 218 valence electrons. The molecule has 0 bridgehead atoms. The highest BCUT2D eigenvalue weighted by atomic mass is 19.1. The number of halogens is 1. The fraction of sp³-hybridized carbons (Fsp3) is 0.452. The van der Waals surface area contributed by atoms with Gasteiger partial charge in [-0.05, 0) is 62.6 Å². The summed E-state index contributed by atoms with van der Waals surface area (Å²) in [5, 5.41) is 24.5. The lowest BCUT2D eigenvalue weighted by atomic mass is 10.0. The summed E-state index contributed by atoms with van der Waals surface area (Å²) in [7, 11) is 0. The molecule has 0 spiro atoms. The first kappa shape index (κ1) is 27.7. The molecule has 2 aromatic carbocycles. The number of aromatic amines is 1. The van der Waals surface area contributed by atoms with E-state index in [4.69, 9.17) is 9.15 Å². The molecule has 10 heteroatoms. The summed E-state index contributed by atoms with van der Waals surface area (Å²) in [6.07, 6.45) is 2.62. The predicted octanol–water partition coefficient (Wildman–Crippen LogP) is 3.64. The number of likely N-dealkylation sites (tertiary alicyclic amines) is 2. The van der Waals surface area contributed by atoms with Crippen molar-refractivity contribution in [3.8, 4) is 5.75 Å². The number of piperidine rings is 2. The van der Waals surface area contributed by atoms with Crippen LogP contribution in [0, 0.1) is 5.82 Å². The Morgan fingerprint density at radius 1 is 1.12 bits per heavy atom. The number of benzene rings is 2. The van der Waals surface area contributed by atoms with Crippen molar-refractivity contribution in [1.82, 2.24) is 20.1 Å². The van der Waals surface area contributed by atoms with Crippen molar-refractivity contribution in [1.29, 1.82) is 0 Å². The highest BCUT2D eigenvalue weighted by Gasteiger charge is 2.30. The van der Waals surface area contributed by atoms with Crippen molar-refractivity contribution in [3.05, 3.63) is 65.8 Å². The van der Waals surface area contributed by atoms with Gasteiger partial charge in [-0.2, -0.15) is 0 Å². The maximum atomic E-state index is 13.7. The lowest BCUT2D eigenvalue weighted by Gasteiger charge is -2.40. The van der Waals surface area contributed by atoms with Crippen molar-refractivity contribution in [2.75, 3.05) is 32.7 Å². The highest BCUT2D eigenvalue weighted by Crippen LogP contribution is 2.29. The quantitative estimate of drug-likeness (QED) is 0.258. The summed E-state index contributed by atoms with van der Waals surface area (Å²) in [6.45, 7) is 6.37. The van der Waals surface area contributed by atoms with Gasteiger partial charge in [-0.25, -0.2) is 4.39 Å². The third kappa shape index (κ3) is 6.11. The Labute approximate surface area is 237 Å². The molecule has 9 nitrogen and oxygen atoms in total. The number of aromatic nitrogens is 1. The monoisotopic (exact) mass is 564 g/mol. The van der Waals surface area contributed by atoms with E-state index in [1.165, 1.54) is 12.1 Å². The summed E-state index contributed by atoms with van der Waals surface area (Å²) in [5.74, 6) is 0.154. The Balaban J connectivity index is 1.03. The maximum Gasteiger partial charge on any atom is 0.267 e. The molecule has 2 saturated heterocycles. The summed E-state index contributed by atoms with van der Waals surface area (Å²) in [5.41, 5.74) is 2.63. The van der Waals surface area contributed by atoms with E-state index in [-0.39, 0.29) is 24.4 Å². The molecule has 4 aromatic rings. The van der Waals surface area contributed by atoms with Crippen LogP contribution in [-0.4, -0.2) is 87.9 Å². The number of nitrogens with one attached hydrogen (secondary N) is 2. The molecule has 2 aromatic heterocycles. The van der Waals surface area contributed by atoms with Crippen LogP contribution in [-0.2, 0) is 6.61 Å². The Kier molecular flexibility index (Phi) is 7.99. The number of carbonyl (C=O) groups is 1. The number of carbonyl (C=O) groups excluding carboxylic acids is 1. The molecule has 4 N–H and O–H groups in total. The number of H-pyrrole nitrogens is 1. The van der Waals surface area contributed by atoms with Gasteiger partial charge in [0.05, 0.1) is 18.5 Å². The average molecular weight is 565 g/mol. The Hall–Kier alpha value is -3.44. The summed E-state index contributed by atoms with van der Waals surface area (Å²) >= 11 is 0. The summed E-state index contributed by atoms with van der Waals surface area (Å²) in [6, 6.07) is 12.2. The number of aliphatic hydroxyl groups excluding tert-OH is 2. The van der Waals surface area contributed by atoms with Crippen LogP contribution in [0.1, 0.15) is 42.2 Å². The SMILES string of the molecule is C[C@@H](CN1CCC(NC(=O)c2cc3c(OCc4coc5ccc(F)cc45)cccc3[nH]2)CC1)N1CCC(O)C(O)C1. The standard InChI is InChI=1S/C31H37FN4O5/c1-19(36-12-9-27(37)28(38)16-36)15-35-10-7-22(8-11-35)33-31(39)26-14-24-25(34-26)3-2-4-29(24)40-17-20-18-41-30-6-5-21(32)13-23(20)30/h2-6,13-14,18-19,22,27-28,34,37-38H,7-12,15-17H2,1H3,(H,33,39)/t19-,27?,28?/m0/s1. The van der Waals surface area contributed by atoms with E-state index < -0.39 is 12.2 Å². The molecule has 6 rings (SSSR count). The minimum Gasteiger partial charge on any atom is -0.488 e. The molecule has 2 aliphatic heterocycles. The Morgan fingerprint density at radius 2 is 1.95 bits per heavy atom. The molecule has 41 heavy (non-hydrogen) atoms. The summed E-state index contributed by atoms with van der Waals surface area (Å²) in [4.78, 5) is 21.0.